The number of rotatable bonds is 5. The molecule has 1 aliphatic carbocycles. The molecule has 0 bridgehead atoms. The maximum absolute atomic E-state index is 13.4. The Labute approximate surface area is 164 Å². The second kappa shape index (κ2) is 7.20. The van der Waals surface area contributed by atoms with E-state index in [9.17, 15) is 18.3 Å². The van der Waals surface area contributed by atoms with Crippen molar-refractivity contribution >= 4 is 16.3 Å². The van der Waals surface area contributed by atoms with Crippen molar-refractivity contribution in [3.05, 3.63) is 54.1 Å². The van der Waals surface area contributed by atoms with E-state index < -0.39 is 23.5 Å². The summed E-state index contributed by atoms with van der Waals surface area (Å²) >= 11 is 0. The quantitative estimate of drug-likeness (QED) is 0.641. The number of fused-ring (bicyclic) bond motifs is 1. The average Bonchev–Trinajstić information content (AvgIpc) is 3.09. The molecule has 5 heteroatoms. The Balaban J connectivity index is 2.13. The van der Waals surface area contributed by atoms with Crippen molar-refractivity contribution in [2.45, 2.75) is 69.9 Å². The van der Waals surface area contributed by atoms with Crippen molar-refractivity contribution in [3.8, 4) is 0 Å². The van der Waals surface area contributed by atoms with Gasteiger partial charge in [-0.2, -0.15) is 13.2 Å². The Morgan fingerprint density at radius 2 is 1.75 bits per heavy atom. The number of benzene rings is 2. The minimum atomic E-state index is -4.77. The van der Waals surface area contributed by atoms with Crippen molar-refractivity contribution in [2.75, 3.05) is 0 Å². The lowest BCUT2D eigenvalue weighted by molar-refractivity contribution is -0.300. The molecule has 1 saturated carbocycles. The van der Waals surface area contributed by atoms with Crippen LogP contribution in [0.3, 0.4) is 0 Å². The van der Waals surface area contributed by atoms with Crippen molar-refractivity contribution in [3.63, 3.8) is 0 Å². The number of alkyl halides is 3. The van der Waals surface area contributed by atoms with Gasteiger partial charge in [-0.1, -0.05) is 61.4 Å². The predicted molar refractivity (Wildman–Crippen MR) is 106 cm³/mol. The zero-order chi connectivity index (χ0) is 20.7. The molecule has 3 rings (SSSR count). The molecule has 0 amide bonds. The summed E-state index contributed by atoms with van der Waals surface area (Å²) in [6.07, 6.45) is -3.22. The normalized spacial score (nSPS) is 20.1. The van der Waals surface area contributed by atoms with E-state index in [-0.39, 0.29) is 0 Å². The predicted octanol–water partition coefficient (Wildman–Crippen LogP) is 6.36. The Kier molecular flexibility index (Phi) is 5.36. The molecular formula is C23H27F3O2. The zero-order valence-electron chi connectivity index (χ0n) is 16.6. The smallest absolute Gasteiger partial charge is 0.379 e. The Morgan fingerprint density at radius 3 is 2.32 bits per heavy atom. The van der Waals surface area contributed by atoms with Crippen LogP contribution in [0, 0.1) is 0 Å². The highest BCUT2D eigenvalue weighted by atomic mass is 19.4. The van der Waals surface area contributed by atoms with Crippen molar-refractivity contribution in [1.29, 1.82) is 0 Å². The topological polar surface area (TPSA) is 29.5 Å². The van der Waals surface area contributed by atoms with E-state index in [2.05, 4.69) is 6.58 Å². The highest BCUT2D eigenvalue weighted by Crippen LogP contribution is 2.48. The lowest BCUT2D eigenvalue weighted by Gasteiger charge is -2.40. The maximum atomic E-state index is 13.4. The number of ether oxygens (including phenoxy) is 1. The summed E-state index contributed by atoms with van der Waals surface area (Å²) in [6, 6.07) is 11.8. The fourth-order valence-electron chi connectivity index (χ4n) is 4.19. The van der Waals surface area contributed by atoms with E-state index in [1.807, 2.05) is 43.3 Å². The van der Waals surface area contributed by atoms with Crippen LogP contribution < -0.4 is 0 Å². The van der Waals surface area contributed by atoms with Gasteiger partial charge in [-0.05, 0) is 55.5 Å². The number of aliphatic hydroxyl groups is 1. The van der Waals surface area contributed by atoms with Crippen LogP contribution in [-0.4, -0.2) is 23.0 Å². The molecule has 2 unspecified atom stereocenters. The van der Waals surface area contributed by atoms with Gasteiger partial charge >= 0.3 is 6.18 Å². The van der Waals surface area contributed by atoms with Crippen LogP contribution in [0.5, 0.6) is 0 Å². The second-order valence-corrected chi connectivity index (χ2v) is 8.10. The second-order valence-electron chi connectivity index (χ2n) is 8.10. The molecule has 1 fully saturated rings. The van der Waals surface area contributed by atoms with E-state index in [1.54, 1.807) is 0 Å². The molecule has 0 spiro atoms. The van der Waals surface area contributed by atoms with Crippen LogP contribution >= 0.6 is 0 Å². The van der Waals surface area contributed by atoms with Gasteiger partial charge in [0.2, 0.25) is 0 Å². The van der Waals surface area contributed by atoms with Crippen LogP contribution in [0.25, 0.3) is 16.3 Å². The third-order valence-electron chi connectivity index (χ3n) is 6.03. The summed E-state index contributed by atoms with van der Waals surface area (Å²) in [7, 11) is 0. The summed E-state index contributed by atoms with van der Waals surface area (Å²) in [5.74, 6) is 0. The number of halogens is 3. The SMILES string of the molecule is C=C(C)c1c(C2(OC(C)C(C)(O)C(F)(F)F)CCCC2)ccc2ccccc12. The van der Waals surface area contributed by atoms with Gasteiger partial charge in [-0.25, -0.2) is 0 Å². The third-order valence-corrected chi connectivity index (χ3v) is 6.03. The standard InChI is InChI=1S/C23H27F3O2/c1-15(2)20-18-10-6-5-9-17(18)11-12-19(20)22(13-7-8-14-22)28-16(3)21(4,27)23(24,25)26/h5-6,9-12,16,27H,1,7-8,13-14H2,2-4H3. The first kappa shape index (κ1) is 20.9. The van der Waals surface area contributed by atoms with Gasteiger partial charge in [0.1, 0.15) is 0 Å². The van der Waals surface area contributed by atoms with Crippen molar-refractivity contribution in [2.24, 2.45) is 0 Å². The number of hydrogen-bond acceptors (Lipinski definition) is 2. The van der Waals surface area contributed by atoms with Gasteiger partial charge in [-0.15, -0.1) is 0 Å². The lowest BCUT2D eigenvalue weighted by atomic mass is 9.82. The first-order chi connectivity index (χ1) is 13.0. The molecule has 2 nitrogen and oxygen atoms in total. The molecule has 1 aliphatic rings. The van der Waals surface area contributed by atoms with E-state index in [0.29, 0.717) is 12.8 Å². The van der Waals surface area contributed by atoms with Gasteiger partial charge in [0.15, 0.2) is 5.60 Å². The summed E-state index contributed by atoms with van der Waals surface area (Å²) in [5, 5.41) is 12.2. The zero-order valence-corrected chi connectivity index (χ0v) is 16.6. The molecule has 2 aromatic carbocycles. The molecular weight excluding hydrogens is 365 g/mol. The molecule has 0 aliphatic heterocycles. The average molecular weight is 392 g/mol. The number of allylic oxidation sites excluding steroid dienone is 1. The molecule has 28 heavy (non-hydrogen) atoms. The van der Waals surface area contributed by atoms with Crippen LogP contribution in [-0.2, 0) is 10.3 Å². The van der Waals surface area contributed by atoms with E-state index in [1.165, 1.54) is 6.92 Å². The van der Waals surface area contributed by atoms with Gasteiger partial charge in [0, 0.05) is 0 Å². The fourth-order valence-corrected chi connectivity index (χ4v) is 4.19. The van der Waals surface area contributed by atoms with Crippen molar-refractivity contribution < 1.29 is 23.0 Å². The minimum Gasteiger partial charge on any atom is -0.379 e. The first-order valence-corrected chi connectivity index (χ1v) is 9.65. The van der Waals surface area contributed by atoms with E-state index >= 15 is 0 Å². The van der Waals surface area contributed by atoms with E-state index in [4.69, 9.17) is 4.74 Å². The molecule has 1 N–H and O–H groups in total. The Morgan fingerprint density at radius 1 is 1.14 bits per heavy atom. The molecule has 2 aromatic rings. The van der Waals surface area contributed by atoms with Crippen molar-refractivity contribution in [1.82, 2.24) is 0 Å². The molecule has 0 radical (unpaired) electrons. The number of hydrogen-bond donors (Lipinski definition) is 1. The van der Waals surface area contributed by atoms with Crippen LogP contribution in [0.4, 0.5) is 13.2 Å². The fraction of sp³-hybridized carbons (Fsp3) is 0.478. The molecule has 2 atom stereocenters. The molecule has 152 valence electrons. The highest BCUT2D eigenvalue weighted by Gasteiger charge is 2.56. The summed E-state index contributed by atoms with van der Waals surface area (Å²) in [6.45, 7) is 8.11. The largest absolute Gasteiger partial charge is 0.419 e. The Hall–Kier alpha value is -1.85. The van der Waals surface area contributed by atoms with Gasteiger partial charge < -0.3 is 9.84 Å². The van der Waals surface area contributed by atoms with Gasteiger partial charge in [-0.3, -0.25) is 0 Å². The molecule has 0 heterocycles. The Bertz CT molecular complexity index is 877. The maximum Gasteiger partial charge on any atom is 0.419 e. The first-order valence-electron chi connectivity index (χ1n) is 9.65. The third kappa shape index (κ3) is 3.46. The van der Waals surface area contributed by atoms with Crippen LogP contribution in [0.1, 0.15) is 57.6 Å². The van der Waals surface area contributed by atoms with Crippen LogP contribution in [0.15, 0.2) is 43.0 Å². The molecule has 0 saturated heterocycles. The van der Waals surface area contributed by atoms with Crippen LogP contribution in [0.2, 0.25) is 0 Å². The summed E-state index contributed by atoms with van der Waals surface area (Å²) in [4.78, 5) is 0. The summed E-state index contributed by atoms with van der Waals surface area (Å²) < 4.78 is 46.2. The summed E-state index contributed by atoms with van der Waals surface area (Å²) in [5.41, 5.74) is -1.16. The molecule has 0 aromatic heterocycles. The minimum absolute atomic E-state index is 0.615. The lowest BCUT2D eigenvalue weighted by Crippen LogP contribution is -2.54. The highest BCUT2D eigenvalue weighted by molar-refractivity contribution is 5.94. The van der Waals surface area contributed by atoms with E-state index in [0.717, 1.165) is 47.2 Å². The van der Waals surface area contributed by atoms with Gasteiger partial charge in [0.25, 0.3) is 0 Å². The van der Waals surface area contributed by atoms with Gasteiger partial charge in [0.05, 0.1) is 11.7 Å². The monoisotopic (exact) mass is 392 g/mol.